The molecular weight excluding hydrogens is 510 g/mol. The standard InChI is InChI=1S/C29H31BF3NO5/c1-17-11-22(31)23(13-18(17)12-19(27(2,3)16-36)5-4-6-21(30)15-35)34-26(37)28(9-10-28)20-7-8-24-25(14-20)39-29(32,33)38-24/h4-5,7-8,11-14,21,35-36H,6,9-10,15-16H2,1-3H3,(H,34,37)/b5-4-,19-12+/t21-/m1/s1. The van der Waals surface area contributed by atoms with Crippen LogP contribution in [-0.4, -0.2) is 43.5 Å². The summed E-state index contributed by atoms with van der Waals surface area (Å²) in [6.07, 6.45) is 3.03. The number of hydrogen-bond donors (Lipinski definition) is 3. The normalized spacial score (nSPS) is 18.3. The molecule has 39 heavy (non-hydrogen) atoms. The van der Waals surface area contributed by atoms with Crippen LogP contribution in [0, 0.1) is 18.2 Å². The van der Waals surface area contributed by atoms with Crippen LogP contribution in [0.4, 0.5) is 18.9 Å². The quantitative estimate of drug-likeness (QED) is 0.276. The lowest BCUT2D eigenvalue weighted by Crippen LogP contribution is -2.28. The average molecular weight is 541 g/mol. The summed E-state index contributed by atoms with van der Waals surface area (Å²) in [5, 5.41) is 21.8. The monoisotopic (exact) mass is 541 g/mol. The zero-order chi connectivity index (χ0) is 28.6. The molecule has 1 heterocycles. The van der Waals surface area contributed by atoms with Crippen molar-refractivity contribution in [1.82, 2.24) is 0 Å². The molecule has 0 aromatic heterocycles. The summed E-state index contributed by atoms with van der Waals surface area (Å²) in [4.78, 5) is 13.3. The fourth-order valence-corrected chi connectivity index (χ4v) is 4.37. The first-order chi connectivity index (χ1) is 18.3. The van der Waals surface area contributed by atoms with Crippen molar-refractivity contribution in [3.8, 4) is 11.5 Å². The average Bonchev–Trinajstić information content (AvgIpc) is 3.62. The minimum absolute atomic E-state index is 0.0251. The Morgan fingerprint density at radius 3 is 2.51 bits per heavy atom. The second kappa shape index (κ2) is 10.7. The van der Waals surface area contributed by atoms with Crippen LogP contribution >= 0.6 is 0 Å². The first kappa shape index (κ1) is 28.8. The first-order valence-electron chi connectivity index (χ1n) is 12.7. The predicted octanol–water partition coefficient (Wildman–Crippen LogP) is 5.42. The molecule has 0 spiro atoms. The molecule has 2 aromatic carbocycles. The van der Waals surface area contributed by atoms with E-state index in [1.807, 2.05) is 32.1 Å². The number of carbonyl (C=O) groups excluding carboxylic acids is 1. The second-order valence-electron chi connectivity index (χ2n) is 10.8. The van der Waals surface area contributed by atoms with Gasteiger partial charge in [-0.2, -0.15) is 0 Å². The Balaban J connectivity index is 1.61. The lowest BCUT2D eigenvalue weighted by molar-refractivity contribution is -0.286. The van der Waals surface area contributed by atoms with Crippen molar-refractivity contribution < 1.29 is 37.7 Å². The van der Waals surface area contributed by atoms with Crippen LogP contribution in [0.25, 0.3) is 6.08 Å². The van der Waals surface area contributed by atoms with Gasteiger partial charge in [-0.15, -0.1) is 8.78 Å². The highest BCUT2D eigenvalue weighted by Crippen LogP contribution is 2.52. The number of allylic oxidation sites excluding steroid dienone is 2. The molecule has 2 radical (unpaired) electrons. The van der Waals surface area contributed by atoms with Gasteiger partial charge in [-0.25, -0.2) is 4.39 Å². The van der Waals surface area contributed by atoms with Gasteiger partial charge in [0.05, 0.1) is 25.6 Å². The van der Waals surface area contributed by atoms with Crippen LogP contribution in [0.1, 0.15) is 49.8 Å². The molecule has 3 N–H and O–H groups in total. The maximum atomic E-state index is 15.0. The number of fused-ring (bicyclic) bond motifs is 1. The van der Waals surface area contributed by atoms with Gasteiger partial charge in [-0.05, 0) is 72.7 Å². The molecule has 1 aliphatic carbocycles. The van der Waals surface area contributed by atoms with E-state index < -0.39 is 34.7 Å². The molecule has 1 atom stereocenters. The second-order valence-corrected chi connectivity index (χ2v) is 10.8. The van der Waals surface area contributed by atoms with Crippen LogP contribution < -0.4 is 14.8 Å². The van der Waals surface area contributed by atoms with E-state index in [4.69, 9.17) is 7.85 Å². The summed E-state index contributed by atoms with van der Waals surface area (Å²) in [5.74, 6) is -1.76. The summed E-state index contributed by atoms with van der Waals surface area (Å²) in [7, 11) is 5.78. The topological polar surface area (TPSA) is 88.0 Å². The lowest BCUT2D eigenvalue weighted by atomic mass is 9.81. The van der Waals surface area contributed by atoms with Gasteiger partial charge in [0, 0.05) is 12.0 Å². The van der Waals surface area contributed by atoms with Gasteiger partial charge in [0.25, 0.3) is 0 Å². The maximum Gasteiger partial charge on any atom is 0.586 e. The van der Waals surface area contributed by atoms with Crippen LogP contribution in [0.3, 0.4) is 0 Å². The molecule has 1 amide bonds. The number of rotatable bonds is 10. The van der Waals surface area contributed by atoms with Crippen LogP contribution in [-0.2, 0) is 10.2 Å². The summed E-state index contributed by atoms with van der Waals surface area (Å²) in [6.45, 7) is 5.14. The molecule has 1 aliphatic heterocycles. The van der Waals surface area contributed by atoms with Gasteiger partial charge in [-0.1, -0.05) is 44.0 Å². The minimum atomic E-state index is -3.77. The molecular formula is C29H31BF3NO5. The fraction of sp³-hybridized carbons (Fsp3) is 0.414. The molecule has 2 aliphatic rings. The van der Waals surface area contributed by atoms with Gasteiger partial charge in [0.1, 0.15) is 5.82 Å². The molecule has 4 rings (SSSR count). The maximum absolute atomic E-state index is 15.0. The van der Waals surface area contributed by atoms with Crippen LogP contribution in [0.15, 0.2) is 48.1 Å². The molecule has 1 saturated carbocycles. The SMILES string of the molecule is [B][C@@H](CO)C/C=C\C(=C/c1cc(NC(=O)C2(c3ccc4c(c3)OC(F)(F)O4)CC2)c(F)cc1C)C(C)(C)CO. The van der Waals surface area contributed by atoms with Gasteiger partial charge in [-0.3, -0.25) is 4.79 Å². The number of aryl methyl sites for hydroxylation is 1. The third kappa shape index (κ3) is 6.17. The Hall–Kier alpha value is -3.24. The number of benzene rings is 2. The summed E-state index contributed by atoms with van der Waals surface area (Å²) >= 11 is 0. The number of aliphatic hydroxyl groups is 2. The van der Waals surface area contributed by atoms with E-state index in [1.165, 1.54) is 30.3 Å². The number of amides is 1. The number of halogens is 3. The highest BCUT2D eigenvalue weighted by Gasteiger charge is 2.53. The van der Waals surface area contributed by atoms with E-state index in [1.54, 1.807) is 6.92 Å². The van der Waals surface area contributed by atoms with Crippen molar-refractivity contribution in [2.75, 3.05) is 18.5 Å². The smallest absolute Gasteiger partial charge is 0.397 e. The van der Waals surface area contributed by atoms with Gasteiger partial charge in [0.15, 0.2) is 11.5 Å². The Morgan fingerprint density at radius 2 is 1.87 bits per heavy atom. The van der Waals surface area contributed by atoms with Crippen LogP contribution in [0.5, 0.6) is 11.5 Å². The van der Waals surface area contributed by atoms with E-state index in [0.29, 0.717) is 36.0 Å². The fourth-order valence-electron chi connectivity index (χ4n) is 4.37. The molecule has 0 unspecified atom stereocenters. The Morgan fingerprint density at radius 1 is 1.18 bits per heavy atom. The van der Waals surface area contributed by atoms with Crippen LogP contribution in [0.2, 0.25) is 5.82 Å². The van der Waals surface area contributed by atoms with E-state index in [0.717, 1.165) is 5.57 Å². The summed E-state index contributed by atoms with van der Waals surface area (Å²) in [6, 6.07) is 7.08. The van der Waals surface area contributed by atoms with E-state index in [2.05, 4.69) is 14.8 Å². The van der Waals surface area contributed by atoms with Gasteiger partial charge < -0.3 is 25.0 Å². The highest BCUT2D eigenvalue weighted by atomic mass is 19.3. The van der Waals surface area contributed by atoms with Crippen molar-refractivity contribution in [2.45, 2.75) is 57.6 Å². The lowest BCUT2D eigenvalue weighted by Gasteiger charge is -2.24. The molecule has 2 aromatic rings. The Labute approximate surface area is 226 Å². The summed E-state index contributed by atoms with van der Waals surface area (Å²) < 4.78 is 50.8. The zero-order valence-corrected chi connectivity index (χ0v) is 22.1. The number of alkyl halides is 2. The third-order valence-electron chi connectivity index (χ3n) is 7.20. The number of carbonyl (C=O) groups is 1. The largest absolute Gasteiger partial charge is 0.586 e. The minimum Gasteiger partial charge on any atom is -0.397 e. The molecule has 206 valence electrons. The third-order valence-corrected chi connectivity index (χ3v) is 7.20. The van der Waals surface area contributed by atoms with Crippen molar-refractivity contribution >= 4 is 25.5 Å². The van der Waals surface area contributed by atoms with Crippen molar-refractivity contribution in [3.05, 3.63) is 70.6 Å². The van der Waals surface area contributed by atoms with Crippen molar-refractivity contribution in [1.29, 1.82) is 0 Å². The van der Waals surface area contributed by atoms with Gasteiger partial charge >= 0.3 is 6.29 Å². The number of ether oxygens (including phenoxy) is 2. The van der Waals surface area contributed by atoms with E-state index >= 15 is 0 Å². The Bertz CT molecular complexity index is 1320. The molecule has 10 heteroatoms. The number of nitrogens with one attached hydrogen (secondary N) is 1. The zero-order valence-electron chi connectivity index (χ0n) is 22.1. The van der Waals surface area contributed by atoms with Crippen molar-refractivity contribution in [3.63, 3.8) is 0 Å². The molecule has 0 bridgehead atoms. The first-order valence-corrected chi connectivity index (χ1v) is 12.7. The summed E-state index contributed by atoms with van der Waals surface area (Å²) in [5.41, 5.74) is 0.816. The molecule has 6 nitrogen and oxygen atoms in total. The van der Waals surface area contributed by atoms with Gasteiger partial charge in [0.2, 0.25) is 5.91 Å². The number of anilines is 1. The number of hydrogen-bond acceptors (Lipinski definition) is 5. The predicted molar refractivity (Wildman–Crippen MR) is 143 cm³/mol. The van der Waals surface area contributed by atoms with E-state index in [9.17, 15) is 28.2 Å². The molecule has 0 saturated heterocycles. The highest BCUT2D eigenvalue weighted by molar-refractivity contribution is 6.11. The van der Waals surface area contributed by atoms with E-state index in [-0.39, 0.29) is 30.4 Å². The Kier molecular flexibility index (Phi) is 7.92. The van der Waals surface area contributed by atoms with Crippen molar-refractivity contribution in [2.24, 2.45) is 5.41 Å². The number of aliphatic hydroxyl groups excluding tert-OH is 2. The molecule has 1 fully saturated rings.